The van der Waals surface area contributed by atoms with Crippen LogP contribution in [0.15, 0.2) is 40.3 Å². The molecule has 1 unspecified atom stereocenters. The molecular weight excluding hydrogens is 307 g/mol. The van der Waals surface area contributed by atoms with Crippen molar-refractivity contribution in [3.05, 3.63) is 46.6 Å². The van der Waals surface area contributed by atoms with E-state index in [2.05, 4.69) is 0 Å². The molecule has 3 rings (SSSR count). The van der Waals surface area contributed by atoms with Crippen LogP contribution in [0.2, 0.25) is 0 Å². The van der Waals surface area contributed by atoms with Gasteiger partial charge in [0.25, 0.3) is 0 Å². The first-order valence-corrected chi connectivity index (χ1v) is 7.40. The molecule has 112 valence electrons. The van der Waals surface area contributed by atoms with Gasteiger partial charge in [-0.25, -0.2) is 4.39 Å². The van der Waals surface area contributed by atoms with E-state index in [9.17, 15) is 19.1 Å². The maximum Gasteiger partial charge on any atom is 0.312 e. The van der Waals surface area contributed by atoms with Crippen LogP contribution in [0.25, 0.3) is 22.1 Å². The standard InChI is InChI=1S/C16H11FO4S/c17-10-1-2-11-13(7-21-14(11)6-10)9-5-15(22-8-9)12(3-4-18)16(19)20/h1-2,4-8,12H,3H2,(H,19,20). The average Bonchev–Trinajstić information content (AvgIpc) is 3.10. The van der Waals surface area contributed by atoms with Gasteiger partial charge in [-0.05, 0) is 29.1 Å². The van der Waals surface area contributed by atoms with E-state index in [1.54, 1.807) is 12.1 Å². The van der Waals surface area contributed by atoms with Gasteiger partial charge in [0.05, 0.1) is 12.2 Å². The quantitative estimate of drug-likeness (QED) is 0.720. The van der Waals surface area contributed by atoms with Crippen molar-refractivity contribution in [2.75, 3.05) is 0 Å². The lowest BCUT2D eigenvalue weighted by Crippen LogP contribution is -2.10. The highest BCUT2D eigenvalue weighted by Crippen LogP contribution is 2.36. The minimum atomic E-state index is -1.03. The highest BCUT2D eigenvalue weighted by molar-refractivity contribution is 7.10. The highest BCUT2D eigenvalue weighted by atomic mass is 32.1. The third kappa shape index (κ3) is 2.53. The maximum atomic E-state index is 13.2. The molecule has 0 amide bonds. The number of carboxylic acid groups (broad SMARTS) is 1. The third-order valence-corrected chi connectivity index (χ3v) is 4.49. The molecule has 0 bridgehead atoms. The second-order valence-corrected chi connectivity index (χ2v) is 5.76. The van der Waals surface area contributed by atoms with Gasteiger partial charge in [-0.15, -0.1) is 11.3 Å². The van der Waals surface area contributed by atoms with E-state index < -0.39 is 11.9 Å². The first-order valence-electron chi connectivity index (χ1n) is 6.52. The van der Waals surface area contributed by atoms with Gasteiger partial charge in [0.2, 0.25) is 0 Å². The van der Waals surface area contributed by atoms with E-state index in [0.29, 0.717) is 16.7 Å². The number of aldehydes is 1. The maximum absolute atomic E-state index is 13.2. The molecule has 1 atom stereocenters. The van der Waals surface area contributed by atoms with Crippen LogP contribution in [0.4, 0.5) is 4.39 Å². The van der Waals surface area contributed by atoms with Crippen LogP contribution >= 0.6 is 11.3 Å². The predicted molar refractivity (Wildman–Crippen MR) is 80.5 cm³/mol. The molecule has 2 heterocycles. The smallest absolute Gasteiger partial charge is 0.312 e. The highest BCUT2D eigenvalue weighted by Gasteiger charge is 2.22. The van der Waals surface area contributed by atoms with Crippen molar-refractivity contribution in [2.45, 2.75) is 12.3 Å². The van der Waals surface area contributed by atoms with E-state index in [4.69, 9.17) is 4.42 Å². The number of thiophene rings is 1. The molecule has 2 aromatic heterocycles. The zero-order valence-electron chi connectivity index (χ0n) is 11.3. The molecule has 0 radical (unpaired) electrons. The monoisotopic (exact) mass is 318 g/mol. The summed E-state index contributed by atoms with van der Waals surface area (Å²) in [7, 11) is 0. The van der Waals surface area contributed by atoms with Crippen LogP contribution in [0.1, 0.15) is 17.2 Å². The molecule has 22 heavy (non-hydrogen) atoms. The van der Waals surface area contributed by atoms with Gasteiger partial charge in [-0.3, -0.25) is 4.79 Å². The number of furan rings is 1. The van der Waals surface area contributed by atoms with E-state index in [0.717, 1.165) is 16.5 Å². The Hall–Kier alpha value is -2.47. The van der Waals surface area contributed by atoms with Crippen LogP contribution in [-0.2, 0) is 9.59 Å². The number of carboxylic acids is 1. The van der Waals surface area contributed by atoms with Gasteiger partial charge < -0.3 is 14.3 Å². The van der Waals surface area contributed by atoms with Crippen molar-refractivity contribution < 1.29 is 23.5 Å². The molecule has 0 aliphatic carbocycles. The Kier molecular flexibility index (Phi) is 3.77. The molecule has 1 N–H and O–H groups in total. The summed E-state index contributed by atoms with van der Waals surface area (Å²) >= 11 is 1.28. The summed E-state index contributed by atoms with van der Waals surface area (Å²) in [5.74, 6) is -2.25. The van der Waals surface area contributed by atoms with Gasteiger partial charge in [-0.2, -0.15) is 0 Å². The van der Waals surface area contributed by atoms with Crippen molar-refractivity contribution in [3.8, 4) is 11.1 Å². The number of benzene rings is 1. The van der Waals surface area contributed by atoms with E-state index >= 15 is 0 Å². The molecule has 0 spiro atoms. The summed E-state index contributed by atoms with van der Waals surface area (Å²) in [6, 6.07) is 6.02. The summed E-state index contributed by atoms with van der Waals surface area (Å²) in [5.41, 5.74) is 2.00. The van der Waals surface area contributed by atoms with E-state index in [1.807, 2.05) is 5.38 Å². The van der Waals surface area contributed by atoms with Crippen LogP contribution in [-0.4, -0.2) is 17.4 Å². The van der Waals surface area contributed by atoms with Gasteiger partial charge in [0.1, 0.15) is 17.7 Å². The number of rotatable bonds is 5. The van der Waals surface area contributed by atoms with Crippen LogP contribution in [0, 0.1) is 5.82 Å². The molecule has 0 aliphatic rings. The van der Waals surface area contributed by atoms with E-state index in [-0.39, 0.29) is 12.2 Å². The summed E-state index contributed by atoms with van der Waals surface area (Å²) in [6.45, 7) is 0. The SMILES string of the molecule is O=CCC(C(=O)O)c1cc(-c2coc3cc(F)ccc23)cs1. The van der Waals surface area contributed by atoms with Crippen molar-refractivity contribution >= 4 is 34.6 Å². The molecular formula is C16H11FO4S. The fourth-order valence-electron chi connectivity index (χ4n) is 2.34. The lowest BCUT2D eigenvalue weighted by Gasteiger charge is -2.04. The first-order chi connectivity index (χ1) is 10.6. The van der Waals surface area contributed by atoms with Crippen LogP contribution < -0.4 is 0 Å². The van der Waals surface area contributed by atoms with Gasteiger partial charge in [0.15, 0.2) is 0 Å². The number of aliphatic carboxylic acids is 1. The van der Waals surface area contributed by atoms with Crippen molar-refractivity contribution in [2.24, 2.45) is 0 Å². The Morgan fingerprint density at radius 1 is 1.41 bits per heavy atom. The number of hydrogen-bond acceptors (Lipinski definition) is 4. The number of halogens is 1. The lowest BCUT2D eigenvalue weighted by molar-refractivity contribution is -0.139. The summed E-state index contributed by atoms with van der Waals surface area (Å²) in [5, 5.41) is 11.8. The number of hydrogen-bond donors (Lipinski definition) is 1. The fraction of sp³-hybridized carbons (Fsp3) is 0.125. The minimum Gasteiger partial charge on any atom is -0.481 e. The molecule has 4 nitrogen and oxygen atoms in total. The minimum absolute atomic E-state index is 0.0629. The molecule has 0 saturated heterocycles. The normalized spacial score (nSPS) is 12.4. The second-order valence-electron chi connectivity index (χ2n) is 4.82. The summed E-state index contributed by atoms with van der Waals surface area (Å²) in [4.78, 5) is 22.5. The van der Waals surface area contributed by atoms with Gasteiger partial charge in [-0.1, -0.05) is 0 Å². The molecule has 6 heteroatoms. The van der Waals surface area contributed by atoms with Crippen LogP contribution in [0.3, 0.4) is 0 Å². The Morgan fingerprint density at radius 2 is 2.23 bits per heavy atom. The Bertz CT molecular complexity index is 849. The van der Waals surface area contributed by atoms with Gasteiger partial charge >= 0.3 is 5.97 Å². The molecule has 1 aromatic carbocycles. The molecule has 3 aromatic rings. The predicted octanol–water partition coefficient (Wildman–Crippen LogP) is 4.06. The topological polar surface area (TPSA) is 67.5 Å². The number of carbonyl (C=O) groups excluding carboxylic acids is 1. The Labute approximate surface area is 128 Å². The zero-order chi connectivity index (χ0) is 15.7. The average molecular weight is 318 g/mol. The van der Waals surface area contributed by atoms with Crippen molar-refractivity contribution in [1.29, 1.82) is 0 Å². The summed E-state index contributed by atoms with van der Waals surface area (Å²) < 4.78 is 18.5. The van der Waals surface area contributed by atoms with Crippen LogP contribution in [0.5, 0.6) is 0 Å². The first kappa shape index (κ1) is 14.5. The van der Waals surface area contributed by atoms with E-state index in [1.165, 1.54) is 29.7 Å². The van der Waals surface area contributed by atoms with Gasteiger partial charge in [0, 0.05) is 28.3 Å². The largest absolute Gasteiger partial charge is 0.481 e. The Morgan fingerprint density at radius 3 is 2.95 bits per heavy atom. The third-order valence-electron chi connectivity index (χ3n) is 3.44. The molecule has 0 aliphatic heterocycles. The fourth-order valence-corrected chi connectivity index (χ4v) is 3.35. The number of fused-ring (bicyclic) bond motifs is 1. The Balaban J connectivity index is 2.02. The zero-order valence-corrected chi connectivity index (χ0v) is 12.1. The lowest BCUT2D eigenvalue weighted by atomic mass is 10.0. The number of carbonyl (C=O) groups is 2. The second kappa shape index (κ2) is 5.73. The summed E-state index contributed by atoms with van der Waals surface area (Å²) in [6.07, 6.45) is 2.06. The molecule has 0 fully saturated rings. The molecule has 0 saturated carbocycles. The van der Waals surface area contributed by atoms with Crippen molar-refractivity contribution in [3.63, 3.8) is 0 Å². The van der Waals surface area contributed by atoms with Crippen molar-refractivity contribution in [1.82, 2.24) is 0 Å².